The molecule has 1 aromatic rings. The Labute approximate surface area is 93.4 Å². The molecule has 4 aliphatic carbocycles. The molecule has 4 nitrogen and oxygen atoms in total. The molecular formula is C12H16N2O2. The molecule has 0 saturated heterocycles. The lowest BCUT2D eigenvalue weighted by atomic mass is 9.49. The molecular weight excluding hydrogens is 204 g/mol. The Morgan fingerprint density at radius 3 is 2.12 bits per heavy atom. The summed E-state index contributed by atoms with van der Waals surface area (Å²) in [6.07, 6.45) is 7.84. The van der Waals surface area contributed by atoms with Crippen LogP contribution in [0.5, 0.6) is 0 Å². The summed E-state index contributed by atoms with van der Waals surface area (Å²) in [6.45, 7) is 0. The molecule has 0 spiro atoms. The lowest BCUT2D eigenvalue weighted by Crippen LogP contribution is -2.49. The zero-order valence-electron chi connectivity index (χ0n) is 9.24. The molecule has 16 heavy (non-hydrogen) atoms. The van der Waals surface area contributed by atoms with E-state index in [-0.39, 0.29) is 5.41 Å². The highest BCUT2D eigenvalue weighted by Crippen LogP contribution is 2.59. The second-order valence-electron chi connectivity index (χ2n) is 6.14. The van der Waals surface area contributed by atoms with E-state index in [0.717, 1.165) is 23.6 Å². The van der Waals surface area contributed by atoms with Gasteiger partial charge in [-0.3, -0.25) is 9.51 Å². The van der Waals surface area contributed by atoms with Crippen molar-refractivity contribution in [3.8, 4) is 0 Å². The fourth-order valence-corrected chi connectivity index (χ4v) is 4.86. The lowest BCUT2D eigenvalue weighted by molar-refractivity contribution is -0.0103. The molecule has 0 radical (unpaired) electrons. The highest BCUT2D eigenvalue weighted by molar-refractivity contribution is 5.15. The van der Waals surface area contributed by atoms with Gasteiger partial charge in [0, 0.05) is 5.41 Å². The van der Waals surface area contributed by atoms with Crippen molar-refractivity contribution < 1.29 is 4.52 Å². The molecule has 5 rings (SSSR count). The number of aromatic nitrogens is 2. The zero-order chi connectivity index (χ0) is 10.8. The summed E-state index contributed by atoms with van der Waals surface area (Å²) in [5.41, 5.74) is 0.154. The lowest BCUT2D eigenvalue weighted by Gasteiger charge is -2.55. The van der Waals surface area contributed by atoms with Gasteiger partial charge in [-0.05, 0) is 56.3 Å². The number of nitrogens with one attached hydrogen (secondary N) is 1. The standard InChI is InChI=1S/C12H16N2O2/c15-11-13-10(14-16-11)12-4-7-1-8(5-12)3-9(2-7)6-12/h7-9H,1-6H2,(H,13,14,15). The first-order valence-electron chi connectivity index (χ1n) is 6.30. The van der Waals surface area contributed by atoms with E-state index < -0.39 is 5.76 Å². The minimum absolute atomic E-state index is 0.154. The van der Waals surface area contributed by atoms with E-state index >= 15 is 0 Å². The summed E-state index contributed by atoms with van der Waals surface area (Å²) in [4.78, 5) is 13.9. The van der Waals surface area contributed by atoms with Crippen LogP contribution in [0.2, 0.25) is 0 Å². The Morgan fingerprint density at radius 2 is 1.69 bits per heavy atom. The number of rotatable bonds is 1. The van der Waals surface area contributed by atoms with E-state index in [4.69, 9.17) is 4.52 Å². The Hall–Kier alpha value is -1.06. The van der Waals surface area contributed by atoms with Crippen LogP contribution in [0.4, 0.5) is 0 Å². The summed E-state index contributed by atoms with van der Waals surface area (Å²) >= 11 is 0. The van der Waals surface area contributed by atoms with E-state index in [9.17, 15) is 4.79 Å². The van der Waals surface area contributed by atoms with Crippen molar-refractivity contribution in [3.63, 3.8) is 0 Å². The molecule has 4 heteroatoms. The van der Waals surface area contributed by atoms with Crippen LogP contribution < -0.4 is 5.76 Å². The molecule has 86 valence electrons. The average Bonchev–Trinajstić information content (AvgIpc) is 2.63. The molecule has 0 aliphatic heterocycles. The highest BCUT2D eigenvalue weighted by Gasteiger charge is 2.53. The Balaban J connectivity index is 1.79. The van der Waals surface area contributed by atoms with Crippen LogP contribution in [0.3, 0.4) is 0 Å². The maximum Gasteiger partial charge on any atom is 0.438 e. The van der Waals surface area contributed by atoms with Crippen LogP contribution in [0.1, 0.15) is 44.3 Å². The first-order valence-corrected chi connectivity index (χ1v) is 6.30. The number of hydrogen-bond donors (Lipinski definition) is 1. The summed E-state index contributed by atoms with van der Waals surface area (Å²) < 4.78 is 4.69. The molecule has 4 saturated carbocycles. The summed E-state index contributed by atoms with van der Waals surface area (Å²) in [6, 6.07) is 0. The van der Waals surface area contributed by atoms with E-state index in [1.807, 2.05) is 0 Å². The largest absolute Gasteiger partial charge is 0.438 e. The van der Waals surface area contributed by atoms with Crippen LogP contribution in [0.15, 0.2) is 9.32 Å². The molecule has 0 amide bonds. The SMILES string of the molecule is O=c1[nH]c(C23CC4CC(CC(C4)C2)C3)no1. The first kappa shape index (κ1) is 9.02. The van der Waals surface area contributed by atoms with Crippen LogP contribution >= 0.6 is 0 Å². The van der Waals surface area contributed by atoms with Crippen LogP contribution in [-0.4, -0.2) is 10.1 Å². The van der Waals surface area contributed by atoms with Crippen molar-refractivity contribution in [2.45, 2.75) is 43.9 Å². The van der Waals surface area contributed by atoms with E-state index in [1.54, 1.807) is 0 Å². The van der Waals surface area contributed by atoms with Crippen LogP contribution in [-0.2, 0) is 5.41 Å². The monoisotopic (exact) mass is 220 g/mol. The normalized spacial score (nSPS) is 45.1. The van der Waals surface area contributed by atoms with Gasteiger partial charge in [0.1, 0.15) is 0 Å². The van der Waals surface area contributed by atoms with Gasteiger partial charge in [0.15, 0.2) is 5.82 Å². The first-order chi connectivity index (χ1) is 7.73. The molecule has 0 aromatic carbocycles. The van der Waals surface area contributed by atoms with Crippen molar-refractivity contribution in [2.75, 3.05) is 0 Å². The Morgan fingerprint density at radius 1 is 1.12 bits per heavy atom. The number of H-pyrrole nitrogens is 1. The number of aromatic amines is 1. The second kappa shape index (κ2) is 2.79. The van der Waals surface area contributed by atoms with Gasteiger partial charge < -0.3 is 0 Å². The summed E-state index contributed by atoms with van der Waals surface area (Å²) in [5.74, 6) is 3.03. The van der Waals surface area contributed by atoms with E-state index in [2.05, 4.69) is 10.1 Å². The van der Waals surface area contributed by atoms with Gasteiger partial charge in [0.25, 0.3) is 0 Å². The molecule has 0 unspecified atom stereocenters. The van der Waals surface area contributed by atoms with Gasteiger partial charge in [-0.25, -0.2) is 4.79 Å². The molecule has 4 bridgehead atoms. The van der Waals surface area contributed by atoms with Crippen molar-refractivity contribution in [1.29, 1.82) is 0 Å². The van der Waals surface area contributed by atoms with Gasteiger partial charge in [0.2, 0.25) is 0 Å². The third-order valence-corrected chi connectivity index (χ3v) is 4.98. The molecule has 1 aromatic heterocycles. The molecule has 1 N–H and O–H groups in total. The van der Waals surface area contributed by atoms with Gasteiger partial charge in [-0.2, -0.15) is 0 Å². The van der Waals surface area contributed by atoms with Crippen molar-refractivity contribution in [2.24, 2.45) is 17.8 Å². The fraction of sp³-hybridized carbons (Fsp3) is 0.833. The predicted octanol–water partition coefficient (Wildman–Crippen LogP) is 1.83. The number of hydrogen-bond acceptors (Lipinski definition) is 3. The predicted molar refractivity (Wildman–Crippen MR) is 57.0 cm³/mol. The Kier molecular flexibility index (Phi) is 1.57. The second-order valence-corrected chi connectivity index (χ2v) is 6.14. The van der Waals surface area contributed by atoms with Crippen molar-refractivity contribution >= 4 is 0 Å². The quantitative estimate of drug-likeness (QED) is 0.785. The van der Waals surface area contributed by atoms with Crippen molar-refractivity contribution in [3.05, 3.63) is 16.4 Å². The van der Waals surface area contributed by atoms with Gasteiger partial charge >= 0.3 is 5.76 Å². The van der Waals surface area contributed by atoms with Gasteiger partial charge in [-0.15, -0.1) is 0 Å². The molecule has 0 atom stereocenters. The number of nitrogens with zero attached hydrogens (tertiary/aromatic N) is 1. The summed E-state index contributed by atoms with van der Waals surface area (Å²) in [7, 11) is 0. The third kappa shape index (κ3) is 1.10. The van der Waals surface area contributed by atoms with Crippen LogP contribution in [0, 0.1) is 17.8 Å². The molecule has 4 aliphatic rings. The van der Waals surface area contributed by atoms with Gasteiger partial charge in [-0.1, -0.05) is 5.16 Å². The highest BCUT2D eigenvalue weighted by atomic mass is 16.5. The topological polar surface area (TPSA) is 58.9 Å². The smallest absolute Gasteiger partial charge is 0.296 e. The van der Waals surface area contributed by atoms with E-state index in [0.29, 0.717) is 0 Å². The maximum atomic E-state index is 11.1. The average molecular weight is 220 g/mol. The molecule has 4 fully saturated rings. The zero-order valence-corrected chi connectivity index (χ0v) is 9.24. The maximum absolute atomic E-state index is 11.1. The van der Waals surface area contributed by atoms with Crippen LogP contribution in [0.25, 0.3) is 0 Å². The fourth-order valence-electron chi connectivity index (χ4n) is 4.86. The third-order valence-electron chi connectivity index (χ3n) is 4.98. The minimum Gasteiger partial charge on any atom is -0.296 e. The minimum atomic E-state index is -0.397. The van der Waals surface area contributed by atoms with E-state index in [1.165, 1.54) is 38.5 Å². The Bertz CT molecular complexity index is 438. The van der Waals surface area contributed by atoms with Crippen molar-refractivity contribution in [1.82, 2.24) is 10.1 Å². The molecule has 1 heterocycles. The van der Waals surface area contributed by atoms with Gasteiger partial charge in [0.05, 0.1) is 0 Å². The summed E-state index contributed by atoms with van der Waals surface area (Å²) in [5, 5.41) is 3.96.